The first-order valence-electron chi connectivity index (χ1n) is 10.3. The molecular formula is C25H24N4O3S. The van der Waals surface area contributed by atoms with E-state index in [-0.39, 0.29) is 16.1 Å². The van der Waals surface area contributed by atoms with Crippen molar-refractivity contribution in [3.05, 3.63) is 106 Å². The van der Waals surface area contributed by atoms with E-state index < -0.39 is 10.0 Å². The number of aromatic nitrogens is 2. The molecule has 3 aromatic carbocycles. The van der Waals surface area contributed by atoms with E-state index in [0.29, 0.717) is 16.9 Å². The van der Waals surface area contributed by atoms with Crippen LogP contribution in [0, 0.1) is 13.8 Å². The van der Waals surface area contributed by atoms with E-state index in [1.54, 1.807) is 64.9 Å². The predicted octanol–water partition coefficient (Wildman–Crippen LogP) is 4.34. The molecule has 0 saturated carbocycles. The third-order valence-corrected chi connectivity index (χ3v) is 6.77. The van der Waals surface area contributed by atoms with Gasteiger partial charge in [0.05, 0.1) is 22.0 Å². The maximum atomic E-state index is 13.1. The van der Waals surface area contributed by atoms with E-state index in [4.69, 9.17) is 0 Å². The fraction of sp³-hybridized carbons (Fsp3) is 0.120. The Kier molecular flexibility index (Phi) is 6.02. The van der Waals surface area contributed by atoms with Gasteiger partial charge in [-0.25, -0.2) is 18.1 Å². The first-order chi connectivity index (χ1) is 15.8. The van der Waals surface area contributed by atoms with Gasteiger partial charge in [0.2, 0.25) is 0 Å². The Bertz CT molecular complexity index is 1480. The van der Waals surface area contributed by atoms with E-state index >= 15 is 0 Å². The summed E-state index contributed by atoms with van der Waals surface area (Å²) in [7, 11) is -1.97. The molecule has 4 aromatic rings. The summed E-state index contributed by atoms with van der Waals surface area (Å²) in [5.74, 6) is 0. The van der Waals surface area contributed by atoms with Crippen LogP contribution in [0.3, 0.4) is 0 Å². The van der Waals surface area contributed by atoms with Crippen molar-refractivity contribution in [1.29, 1.82) is 0 Å². The zero-order chi connectivity index (χ0) is 23.6. The van der Waals surface area contributed by atoms with Gasteiger partial charge < -0.3 is 0 Å². The van der Waals surface area contributed by atoms with Gasteiger partial charge in [0.25, 0.3) is 15.6 Å². The lowest BCUT2D eigenvalue weighted by atomic mass is 10.2. The van der Waals surface area contributed by atoms with E-state index in [1.165, 1.54) is 6.21 Å². The highest BCUT2D eigenvalue weighted by Crippen LogP contribution is 2.21. The maximum absolute atomic E-state index is 13.1. The largest absolute Gasteiger partial charge is 0.297 e. The molecule has 8 heteroatoms. The van der Waals surface area contributed by atoms with Crippen LogP contribution in [-0.4, -0.2) is 24.0 Å². The number of rotatable bonds is 6. The minimum Gasteiger partial charge on any atom is -0.283 e. The van der Waals surface area contributed by atoms with Crippen LogP contribution < -0.4 is 10.3 Å². The number of para-hydroxylation sites is 2. The SMILES string of the molecule is Cc1ccc(S(=O)(=O)Nc2ccccc2C=Nc2c(C)n(C)n(-c3ccccc3)c2=O)cc1. The molecule has 33 heavy (non-hydrogen) atoms. The van der Waals surface area contributed by atoms with Crippen LogP contribution in [0.5, 0.6) is 0 Å². The first kappa shape index (κ1) is 22.3. The Hall–Kier alpha value is -3.91. The quantitative estimate of drug-likeness (QED) is 0.434. The second-order valence-corrected chi connectivity index (χ2v) is 9.36. The molecule has 1 heterocycles. The molecule has 0 fully saturated rings. The maximum Gasteiger partial charge on any atom is 0.297 e. The van der Waals surface area contributed by atoms with Crippen molar-refractivity contribution in [3.63, 3.8) is 0 Å². The van der Waals surface area contributed by atoms with Gasteiger partial charge in [0, 0.05) is 18.8 Å². The summed E-state index contributed by atoms with van der Waals surface area (Å²) in [6.07, 6.45) is 1.51. The smallest absolute Gasteiger partial charge is 0.283 e. The number of hydrogen-bond acceptors (Lipinski definition) is 4. The molecule has 0 aliphatic heterocycles. The number of nitrogens with zero attached hydrogens (tertiary/aromatic N) is 3. The lowest BCUT2D eigenvalue weighted by molar-refractivity contribution is 0.601. The highest BCUT2D eigenvalue weighted by molar-refractivity contribution is 7.92. The molecule has 0 unspecified atom stereocenters. The molecule has 0 amide bonds. The molecule has 168 valence electrons. The van der Waals surface area contributed by atoms with Gasteiger partial charge in [-0.05, 0) is 44.2 Å². The van der Waals surface area contributed by atoms with Crippen molar-refractivity contribution in [2.75, 3.05) is 4.72 Å². The van der Waals surface area contributed by atoms with Crippen LogP contribution in [0.2, 0.25) is 0 Å². The van der Waals surface area contributed by atoms with Crippen molar-refractivity contribution in [2.24, 2.45) is 12.0 Å². The average molecular weight is 461 g/mol. The van der Waals surface area contributed by atoms with Crippen LogP contribution in [-0.2, 0) is 17.1 Å². The second-order valence-electron chi connectivity index (χ2n) is 7.67. The molecule has 0 aliphatic carbocycles. The second kappa shape index (κ2) is 8.91. The summed E-state index contributed by atoms with van der Waals surface area (Å²) in [6.45, 7) is 3.71. The molecule has 0 spiro atoms. The van der Waals surface area contributed by atoms with Crippen molar-refractivity contribution in [3.8, 4) is 5.69 Å². The summed E-state index contributed by atoms with van der Waals surface area (Å²) in [4.78, 5) is 17.7. The molecule has 1 aromatic heterocycles. The fourth-order valence-electron chi connectivity index (χ4n) is 3.46. The van der Waals surface area contributed by atoms with Gasteiger partial charge in [0.15, 0.2) is 5.69 Å². The summed E-state index contributed by atoms with van der Waals surface area (Å²) in [6, 6.07) is 22.9. The standard InChI is InChI=1S/C25H24N4O3S/c1-18-13-15-22(16-14-18)33(31,32)27-23-12-8-7-9-20(23)17-26-24-19(2)28(3)29(25(24)30)21-10-5-4-6-11-21/h4-17,27H,1-3H3. The van der Waals surface area contributed by atoms with E-state index in [9.17, 15) is 13.2 Å². The van der Waals surface area contributed by atoms with Gasteiger partial charge in [-0.1, -0.05) is 54.1 Å². The van der Waals surface area contributed by atoms with Crippen molar-refractivity contribution < 1.29 is 8.42 Å². The Balaban J connectivity index is 1.69. The number of nitrogens with one attached hydrogen (secondary N) is 1. The molecule has 0 atom stereocenters. The van der Waals surface area contributed by atoms with E-state index in [2.05, 4.69) is 9.71 Å². The van der Waals surface area contributed by atoms with Crippen LogP contribution in [0.1, 0.15) is 16.8 Å². The van der Waals surface area contributed by atoms with Gasteiger partial charge in [-0.2, -0.15) is 0 Å². The number of anilines is 1. The third kappa shape index (κ3) is 4.51. The monoisotopic (exact) mass is 460 g/mol. The van der Waals surface area contributed by atoms with Crippen LogP contribution >= 0.6 is 0 Å². The lowest BCUT2D eigenvalue weighted by Crippen LogP contribution is -2.19. The normalized spacial score (nSPS) is 11.7. The molecule has 0 aliphatic rings. The molecular weight excluding hydrogens is 436 g/mol. The highest BCUT2D eigenvalue weighted by Gasteiger charge is 2.17. The van der Waals surface area contributed by atoms with Gasteiger partial charge >= 0.3 is 0 Å². The van der Waals surface area contributed by atoms with Gasteiger partial charge in [0.1, 0.15) is 0 Å². The van der Waals surface area contributed by atoms with Crippen molar-refractivity contribution in [2.45, 2.75) is 18.7 Å². The Morgan fingerprint density at radius 3 is 2.21 bits per heavy atom. The number of hydrogen-bond donors (Lipinski definition) is 1. The first-order valence-corrected chi connectivity index (χ1v) is 11.8. The Morgan fingerprint density at radius 1 is 0.879 bits per heavy atom. The van der Waals surface area contributed by atoms with Crippen LogP contribution in [0.4, 0.5) is 11.4 Å². The van der Waals surface area contributed by atoms with E-state index in [1.807, 2.05) is 44.2 Å². The number of benzene rings is 3. The molecule has 4 rings (SSSR count). The number of aryl methyl sites for hydroxylation is 1. The Morgan fingerprint density at radius 2 is 1.52 bits per heavy atom. The Labute approximate surface area is 192 Å². The summed E-state index contributed by atoms with van der Waals surface area (Å²) in [5, 5.41) is 0. The predicted molar refractivity (Wildman–Crippen MR) is 131 cm³/mol. The third-order valence-electron chi connectivity index (χ3n) is 5.39. The average Bonchev–Trinajstić information content (AvgIpc) is 3.01. The highest BCUT2D eigenvalue weighted by atomic mass is 32.2. The molecule has 0 bridgehead atoms. The number of aliphatic imine (C=N–C) groups is 1. The summed E-state index contributed by atoms with van der Waals surface area (Å²) >= 11 is 0. The molecule has 7 nitrogen and oxygen atoms in total. The fourth-order valence-corrected chi connectivity index (χ4v) is 4.55. The topological polar surface area (TPSA) is 85.5 Å². The summed E-state index contributed by atoms with van der Waals surface area (Å²) < 4.78 is 31.6. The van der Waals surface area contributed by atoms with E-state index in [0.717, 1.165) is 11.3 Å². The lowest BCUT2D eigenvalue weighted by Gasteiger charge is -2.10. The zero-order valence-electron chi connectivity index (χ0n) is 18.6. The van der Waals surface area contributed by atoms with Crippen LogP contribution in [0.25, 0.3) is 5.69 Å². The van der Waals surface area contributed by atoms with Gasteiger partial charge in [-0.15, -0.1) is 0 Å². The molecule has 0 radical (unpaired) electrons. The van der Waals surface area contributed by atoms with Crippen molar-refractivity contribution in [1.82, 2.24) is 9.36 Å². The van der Waals surface area contributed by atoms with Crippen LogP contribution in [0.15, 0.2) is 93.5 Å². The zero-order valence-corrected chi connectivity index (χ0v) is 19.4. The summed E-state index contributed by atoms with van der Waals surface area (Å²) in [5.41, 5.74) is 3.35. The molecule has 1 N–H and O–H groups in total. The minimum atomic E-state index is -3.77. The minimum absolute atomic E-state index is 0.171. The number of sulfonamides is 1. The van der Waals surface area contributed by atoms with Gasteiger partial charge in [-0.3, -0.25) is 14.2 Å². The van der Waals surface area contributed by atoms with Crippen molar-refractivity contribution >= 4 is 27.6 Å². The molecule has 0 saturated heterocycles.